The van der Waals surface area contributed by atoms with Crippen LogP contribution >= 0.6 is 11.6 Å². The van der Waals surface area contributed by atoms with Crippen LogP contribution in [0.1, 0.15) is 65.1 Å². The fraction of sp³-hybridized carbons (Fsp3) is 0.324. The van der Waals surface area contributed by atoms with E-state index in [2.05, 4.69) is 16.5 Å². The number of halogens is 1. The second kappa shape index (κ2) is 14.5. The van der Waals surface area contributed by atoms with Gasteiger partial charge in [-0.1, -0.05) is 41.9 Å². The second-order valence-corrected chi connectivity index (χ2v) is 13.0. The molecule has 11 nitrogen and oxygen atoms in total. The molecule has 0 spiro atoms. The van der Waals surface area contributed by atoms with Crippen LogP contribution in [0.2, 0.25) is 5.02 Å². The highest BCUT2D eigenvalue weighted by Gasteiger charge is 2.47. The lowest BCUT2D eigenvalue weighted by Crippen LogP contribution is -2.41. The number of aromatic nitrogens is 2. The minimum atomic E-state index is -1.31. The molecule has 1 fully saturated rings. The van der Waals surface area contributed by atoms with Crippen molar-refractivity contribution in [2.24, 2.45) is 5.92 Å². The van der Waals surface area contributed by atoms with E-state index in [4.69, 9.17) is 21.4 Å². The first kappa shape index (κ1) is 33.7. The number of ether oxygens (including phenoxy) is 1. The van der Waals surface area contributed by atoms with Crippen molar-refractivity contribution in [3.63, 3.8) is 0 Å². The van der Waals surface area contributed by atoms with E-state index in [0.717, 1.165) is 40.1 Å². The number of hydrogen-bond acceptors (Lipinski definition) is 6. The summed E-state index contributed by atoms with van der Waals surface area (Å²) >= 11 is 6.20. The Morgan fingerprint density at radius 1 is 1.06 bits per heavy atom. The summed E-state index contributed by atoms with van der Waals surface area (Å²) in [6.07, 6.45) is 5.15. The number of carboxylic acid groups (broad SMARTS) is 2. The molecule has 49 heavy (non-hydrogen) atoms. The number of amides is 2. The van der Waals surface area contributed by atoms with E-state index < -0.39 is 23.9 Å². The van der Waals surface area contributed by atoms with Gasteiger partial charge in [0.25, 0.3) is 5.91 Å². The van der Waals surface area contributed by atoms with Crippen LogP contribution in [0.3, 0.4) is 0 Å². The minimum Gasteiger partial charge on any atom is -0.493 e. The third-order valence-electron chi connectivity index (χ3n) is 9.12. The van der Waals surface area contributed by atoms with E-state index in [1.165, 1.54) is 5.56 Å². The summed E-state index contributed by atoms with van der Waals surface area (Å²) < 4.78 is 7.68. The molecule has 254 valence electrons. The van der Waals surface area contributed by atoms with Crippen molar-refractivity contribution in [1.82, 2.24) is 15.1 Å². The monoisotopic (exact) mass is 684 g/mol. The highest BCUT2D eigenvalue weighted by Crippen LogP contribution is 2.57. The van der Waals surface area contributed by atoms with Gasteiger partial charge in [0, 0.05) is 53.0 Å². The lowest BCUT2D eigenvalue weighted by molar-refractivity contribution is -0.140. The summed E-state index contributed by atoms with van der Waals surface area (Å²) in [5.74, 6) is -1.40. The van der Waals surface area contributed by atoms with Gasteiger partial charge in [-0.2, -0.15) is 5.10 Å². The summed E-state index contributed by atoms with van der Waals surface area (Å²) in [5, 5.41) is 26.0. The molecule has 3 atom stereocenters. The zero-order valence-corrected chi connectivity index (χ0v) is 27.7. The number of anilines is 1. The Morgan fingerprint density at radius 2 is 1.86 bits per heavy atom. The van der Waals surface area contributed by atoms with Crippen LogP contribution in [0.5, 0.6) is 5.75 Å². The minimum absolute atomic E-state index is 0.0753. The number of aliphatic carboxylic acids is 2. The molecule has 0 saturated heterocycles. The summed E-state index contributed by atoms with van der Waals surface area (Å²) in [7, 11) is 0. The van der Waals surface area contributed by atoms with Crippen LogP contribution in [0.4, 0.5) is 5.69 Å². The SMILES string of the molecule is Cc1c(Cl)cccc1OCCCC(=O)N1C[C@@H]2C[C@@H]2c2c(-c3cnn(Cc4cccc(C(=O)N[C@@H](CCC(=O)O)C(=O)O)c4)c3)cccc21. The second-order valence-electron chi connectivity index (χ2n) is 12.6. The summed E-state index contributed by atoms with van der Waals surface area (Å²) in [6.45, 7) is 3.41. The Balaban J connectivity index is 1.12. The smallest absolute Gasteiger partial charge is 0.326 e. The van der Waals surface area contributed by atoms with Crippen molar-refractivity contribution in [2.75, 3.05) is 18.1 Å². The third kappa shape index (κ3) is 7.78. The van der Waals surface area contributed by atoms with Gasteiger partial charge in [-0.05, 0) is 85.0 Å². The van der Waals surface area contributed by atoms with Crippen LogP contribution in [0.15, 0.2) is 73.1 Å². The Hall–Kier alpha value is -5.16. The summed E-state index contributed by atoms with van der Waals surface area (Å²) in [6, 6.07) is 17.1. The van der Waals surface area contributed by atoms with Crippen molar-refractivity contribution in [2.45, 2.75) is 57.5 Å². The molecule has 1 aliphatic heterocycles. The Kier molecular flexibility index (Phi) is 10.0. The Labute approximate surface area is 288 Å². The van der Waals surface area contributed by atoms with E-state index >= 15 is 0 Å². The highest BCUT2D eigenvalue weighted by molar-refractivity contribution is 6.31. The van der Waals surface area contributed by atoms with Crippen LogP contribution in [-0.4, -0.2) is 62.9 Å². The fourth-order valence-electron chi connectivity index (χ4n) is 6.44. The van der Waals surface area contributed by atoms with Crippen molar-refractivity contribution in [3.05, 3.63) is 100 Å². The molecule has 1 aromatic heterocycles. The first-order chi connectivity index (χ1) is 23.6. The molecule has 0 radical (unpaired) electrons. The molecule has 2 amide bonds. The summed E-state index contributed by atoms with van der Waals surface area (Å²) in [4.78, 5) is 50.7. The number of rotatable bonds is 14. The van der Waals surface area contributed by atoms with Gasteiger partial charge < -0.3 is 25.2 Å². The van der Waals surface area contributed by atoms with Gasteiger partial charge in [0.1, 0.15) is 11.8 Å². The molecular weight excluding hydrogens is 648 g/mol. The van der Waals surface area contributed by atoms with E-state index in [1.807, 2.05) is 54.4 Å². The molecule has 0 unspecified atom stereocenters. The molecule has 4 aromatic rings. The fourth-order valence-corrected chi connectivity index (χ4v) is 6.61. The number of carbonyl (C=O) groups is 4. The van der Waals surface area contributed by atoms with Crippen LogP contribution < -0.4 is 15.0 Å². The zero-order valence-electron chi connectivity index (χ0n) is 27.0. The predicted octanol–water partition coefficient (Wildman–Crippen LogP) is 5.92. The first-order valence-corrected chi connectivity index (χ1v) is 16.6. The maximum absolute atomic E-state index is 13.5. The van der Waals surface area contributed by atoms with Crippen molar-refractivity contribution < 1.29 is 34.1 Å². The van der Waals surface area contributed by atoms with Gasteiger partial charge >= 0.3 is 11.9 Å². The number of nitrogens with one attached hydrogen (secondary N) is 1. The van der Waals surface area contributed by atoms with Gasteiger partial charge in [0.15, 0.2) is 0 Å². The van der Waals surface area contributed by atoms with Crippen molar-refractivity contribution in [3.8, 4) is 16.9 Å². The first-order valence-electron chi connectivity index (χ1n) is 16.3. The Bertz CT molecular complexity index is 1910. The molecule has 1 aliphatic carbocycles. The van der Waals surface area contributed by atoms with E-state index in [0.29, 0.717) is 49.4 Å². The van der Waals surface area contributed by atoms with Gasteiger partial charge in [0.05, 0.1) is 19.3 Å². The van der Waals surface area contributed by atoms with E-state index in [-0.39, 0.29) is 24.3 Å². The number of carbonyl (C=O) groups excluding carboxylic acids is 2. The highest BCUT2D eigenvalue weighted by atomic mass is 35.5. The molecule has 3 aromatic carbocycles. The quantitative estimate of drug-likeness (QED) is 0.139. The van der Waals surface area contributed by atoms with Gasteiger partial charge in [0.2, 0.25) is 5.91 Å². The van der Waals surface area contributed by atoms with Gasteiger partial charge in [-0.15, -0.1) is 0 Å². The molecule has 6 rings (SSSR count). The maximum Gasteiger partial charge on any atom is 0.326 e. The molecule has 12 heteroatoms. The normalized spacial score (nSPS) is 16.7. The number of carboxylic acids is 2. The maximum atomic E-state index is 13.5. The molecule has 1 saturated carbocycles. The molecule has 0 bridgehead atoms. The summed E-state index contributed by atoms with van der Waals surface area (Å²) in [5.41, 5.74) is 6.02. The third-order valence-corrected chi connectivity index (χ3v) is 9.53. The lowest BCUT2D eigenvalue weighted by Gasteiger charge is -2.30. The van der Waals surface area contributed by atoms with Gasteiger partial charge in [-0.3, -0.25) is 19.1 Å². The van der Waals surface area contributed by atoms with E-state index in [9.17, 15) is 24.3 Å². The van der Waals surface area contributed by atoms with Crippen LogP contribution in [0.25, 0.3) is 11.1 Å². The molecular formula is C37H37ClN4O7. The average molecular weight is 685 g/mol. The molecule has 2 aliphatic rings. The van der Waals surface area contributed by atoms with E-state index in [1.54, 1.807) is 29.1 Å². The number of benzene rings is 3. The Morgan fingerprint density at radius 3 is 2.65 bits per heavy atom. The zero-order chi connectivity index (χ0) is 34.7. The van der Waals surface area contributed by atoms with Gasteiger partial charge in [-0.25, -0.2) is 4.79 Å². The van der Waals surface area contributed by atoms with Crippen molar-refractivity contribution in [1.29, 1.82) is 0 Å². The molecule has 2 heterocycles. The van der Waals surface area contributed by atoms with Crippen LogP contribution in [-0.2, 0) is 20.9 Å². The standard InChI is InChI=1S/C37H37ClN4O7/c1-22-29(38)9-4-11-32(22)49-15-5-12-33(43)42-21-25-17-28(25)35-27(8-3-10-31(35)42)26-18-39-41(20-26)19-23-6-2-7-24(16-23)36(46)40-30(37(47)48)13-14-34(44)45/h2-4,6-11,16,18,20,25,28,30H,5,12-15,17,19,21H2,1H3,(H,40,46)(H,44,45)(H,47,48)/t25-,28-,30-/m0/s1. The van der Waals surface area contributed by atoms with Crippen molar-refractivity contribution >= 4 is 41.0 Å². The lowest BCUT2D eigenvalue weighted by atomic mass is 9.92. The number of hydrogen-bond donors (Lipinski definition) is 3. The largest absolute Gasteiger partial charge is 0.493 e. The number of nitrogens with zero attached hydrogens (tertiary/aromatic N) is 3. The topological polar surface area (TPSA) is 151 Å². The average Bonchev–Trinajstić information content (AvgIpc) is 3.73. The number of fused-ring (bicyclic) bond motifs is 3. The predicted molar refractivity (Wildman–Crippen MR) is 183 cm³/mol. The van der Waals surface area contributed by atoms with Crippen LogP contribution in [0, 0.1) is 12.8 Å². The molecule has 3 N–H and O–H groups in total.